The number of aromatic nitrogens is 2. The molecule has 1 aromatic heterocycles. The summed E-state index contributed by atoms with van der Waals surface area (Å²) in [6, 6.07) is 0. The normalized spacial score (nSPS) is 9.73. The molecule has 0 spiro atoms. The van der Waals surface area contributed by atoms with Crippen molar-refractivity contribution in [1.82, 2.24) is 9.97 Å². The van der Waals surface area contributed by atoms with Gasteiger partial charge in [-0.3, -0.25) is 4.79 Å². The maximum absolute atomic E-state index is 11.4. The first-order valence-electron chi connectivity index (χ1n) is 4.36. The number of esters is 1. The molecule has 0 atom stereocenters. The number of ether oxygens (including phenoxy) is 1. The van der Waals surface area contributed by atoms with Crippen LogP contribution in [0.25, 0.3) is 0 Å². The van der Waals surface area contributed by atoms with E-state index in [4.69, 9.17) is 10.5 Å². The van der Waals surface area contributed by atoms with Gasteiger partial charge in [0.1, 0.15) is 5.82 Å². The highest BCUT2D eigenvalue weighted by Gasteiger charge is 2.16. The van der Waals surface area contributed by atoms with Crippen LogP contribution in [0.15, 0.2) is 0 Å². The lowest BCUT2D eigenvalue weighted by molar-refractivity contribution is 0.0518. The molecule has 6 heteroatoms. The van der Waals surface area contributed by atoms with Crippen molar-refractivity contribution < 1.29 is 14.3 Å². The molecule has 1 heterocycles. The van der Waals surface area contributed by atoms with E-state index < -0.39 is 5.97 Å². The maximum Gasteiger partial charge on any atom is 0.357 e. The van der Waals surface area contributed by atoms with Crippen LogP contribution in [0.2, 0.25) is 0 Å². The number of nitrogen functional groups attached to an aromatic ring is 1. The van der Waals surface area contributed by atoms with Gasteiger partial charge < -0.3 is 10.5 Å². The van der Waals surface area contributed by atoms with Crippen molar-refractivity contribution in [3.8, 4) is 0 Å². The van der Waals surface area contributed by atoms with Crippen LogP contribution < -0.4 is 5.73 Å². The summed E-state index contributed by atoms with van der Waals surface area (Å²) < 4.78 is 4.76. The van der Waals surface area contributed by atoms with Gasteiger partial charge in [0, 0.05) is 5.56 Å². The molecule has 0 bridgehead atoms. The van der Waals surface area contributed by atoms with E-state index in [2.05, 4.69) is 9.97 Å². The molecule has 0 aliphatic heterocycles. The maximum atomic E-state index is 11.4. The van der Waals surface area contributed by atoms with Crippen molar-refractivity contribution in [2.24, 2.45) is 0 Å². The van der Waals surface area contributed by atoms with E-state index in [1.807, 2.05) is 0 Å². The molecule has 0 saturated carbocycles. The molecule has 0 amide bonds. The molecule has 0 aliphatic carbocycles. The third-order valence-corrected chi connectivity index (χ3v) is 1.77. The van der Waals surface area contributed by atoms with Gasteiger partial charge in [-0.05, 0) is 13.8 Å². The number of hydrogen-bond acceptors (Lipinski definition) is 6. The number of rotatable bonds is 3. The van der Waals surface area contributed by atoms with Crippen molar-refractivity contribution >= 4 is 18.1 Å². The minimum atomic E-state index is -0.604. The molecule has 1 rings (SSSR count). The van der Waals surface area contributed by atoms with Gasteiger partial charge in [-0.1, -0.05) is 0 Å². The van der Waals surface area contributed by atoms with Crippen LogP contribution in [0.1, 0.15) is 33.6 Å². The Morgan fingerprint density at radius 1 is 1.53 bits per heavy atom. The Hall–Kier alpha value is -1.98. The topological polar surface area (TPSA) is 95.2 Å². The summed E-state index contributed by atoms with van der Waals surface area (Å²) in [6.45, 7) is 3.51. The predicted octanol–water partition coefficient (Wildman–Crippen LogP) is 0.356. The largest absolute Gasteiger partial charge is 0.461 e. The molecular weight excluding hydrogens is 198 g/mol. The first-order valence-corrected chi connectivity index (χ1v) is 4.36. The monoisotopic (exact) mass is 209 g/mol. The minimum Gasteiger partial charge on any atom is -0.461 e. The summed E-state index contributed by atoms with van der Waals surface area (Å²) in [4.78, 5) is 29.3. The molecular formula is C9H11N3O3. The van der Waals surface area contributed by atoms with Gasteiger partial charge in [0.05, 0.1) is 6.61 Å². The zero-order chi connectivity index (χ0) is 11.4. The third-order valence-electron chi connectivity index (χ3n) is 1.77. The summed E-state index contributed by atoms with van der Waals surface area (Å²) >= 11 is 0. The lowest BCUT2D eigenvalue weighted by Crippen LogP contribution is -2.14. The minimum absolute atomic E-state index is 0.0338. The van der Waals surface area contributed by atoms with Crippen molar-refractivity contribution in [3.63, 3.8) is 0 Å². The summed E-state index contributed by atoms with van der Waals surface area (Å²) in [5, 5.41) is 0. The second-order valence-electron chi connectivity index (χ2n) is 2.78. The number of hydrogen-bond donors (Lipinski definition) is 1. The molecule has 0 aliphatic rings. The van der Waals surface area contributed by atoms with E-state index in [9.17, 15) is 9.59 Å². The first-order chi connectivity index (χ1) is 7.10. The van der Waals surface area contributed by atoms with Crippen LogP contribution in [-0.4, -0.2) is 28.8 Å². The molecule has 1 aromatic rings. The van der Waals surface area contributed by atoms with Gasteiger partial charge in [-0.25, -0.2) is 14.8 Å². The van der Waals surface area contributed by atoms with Gasteiger partial charge in [-0.2, -0.15) is 0 Å². The summed E-state index contributed by atoms with van der Waals surface area (Å²) in [5.74, 6) is -0.622. The molecule has 0 aromatic carbocycles. The Kier molecular flexibility index (Phi) is 3.33. The van der Waals surface area contributed by atoms with Crippen LogP contribution in [0.4, 0.5) is 5.82 Å². The molecule has 6 nitrogen and oxygen atoms in total. The fourth-order valence-electron chi connectivity index (χ4n) is 1.00. The lowest BCUT2D eigenvalue weighted by Gasteiger charge is -2.06. The van der Waals surface area contributed by atoms with E-state index in [-0.39, 0.29) is 23.9 Å². The Bertz CT molecular complexity index is 404. The number of carbonyl (C=O) groups excluding carboxylic acids is 2. The van der Waals surface area contributed by atoms with Gasteiger partial charge in [0.2, 0.25) is 0 Å². The van der Waals surface area contributed by atoms with E-state index in [0.29, 0.717) is 11.8 Å². The summed E-state index contributed by atoms with van der Waals surface area (Å²) in [5.41, 5.74) is 5.96. The summed E-state index contributed by atoms with van der Waals surface area (Å²) in [7, 11) is 0. The average Bonchev–Trinajstić information content (AvgIpc) is 2.22. The molecule has 80 valence electrons. The number of nitrogens with two attached hydrogens (primary N) is 1. The Labute approximate surface area is 86.5 Å². The highest BCUT2D eigenvalue weighted by Crippen LogP contribution is 2.12. The standard InChI is InChI=1S/C9H11N3O3/c1-3-15-9(14)7-5(2)8(10)12-6(4-13)11-7/h4H,3H2,1-2H3,(H2,10,11,12). The lowest BCUT2D eigenvalue weighted by atomic mass is 10.2. The van der Waals surface area contributed by atoms with E-state index in [1.165, 1.54) is 0 Å². The molecule has 0 saturated heterocycles. The first kappa shape index (κ1) is 11.1. The Morgan fingerprint density at radius 3 is 2.73 bits per heavy atom. The zero-order valence-corrected chi connectivity index (χ0v) is 8.48. The van der Waals surface area contributed by atoms with Crippen molar-refractivity contribution in [2.45, 2.75) is 13.8 Å². The van der Waals surface area contributed by atoms with Gasteiger partial charge in [0.25, 0.3) is 0 Å². The third kappa shape index (κ3) is 2.28. The van der Waals surface area contributed by atoms with E-state index >= 15 is 0 Å². The van der Waals surface area contributed by atoms with E-state index in [0.717, 1.165) is 0 Å². The van der Waals surface area contributed by atoms with Crippen LogP contribution in [-0.2, 0) is 4.74 Å². The van der Waals surface area contributed by atoms with Crippen LogP contribution in [0.3, 0.4) is 0 Å². The van der Waals surface area contributed by atoms with Crippen molar-refractivity contribution in [2.75, 3.05) is 12.3 Å². The number of carbonyl (C=O) groups is 2. The summed E-state index contributed by atoms with van der Waals surface area (Å²) in [6.07, 6.45) is 0.429. The van der Waals surface area contributed by atoms with Gasteiger partial charge in [0.15, 0.2) is 17.8 Å². The van der Waals surface area contributed by atoms with Gasteiger partial charge in [-0.15, -0.1) is 0 Å². The SMILES string of the molecule is CCOC(=O)c1nc(C=O)nc(N)c1C. The molecule has 2 N–H and O–H groups in total. The predicted molar refractivity (Wildman–Crippen MR) is 52.5 cm³/mol. The van der Waals surface area contributed by atoms with Crippen LogP contribution >= 0.6 is 0 Å². The molecule has 15 heavy (non-hydrogen) atoms. The molecule has 0 radical (unpaired) electrons. The van der Waals surface area contributed by atoms with Crippen molar-refractivity contribution in [3.05, 3.63) is 17.1 Å². The smallest absolute Gasteiger partial charge is 0.357 e. The van der Waals surface area contributed by atoms with Gasteiger partial charge >= 0.3 is 5.97 Å². The fourth-order valence-corrected chi connectivity index (χ4v) is 1.00. The quantitative estimate of drug-likeness (QED) is 0.570. The van der Waals surface area contributed by atoms with Crippen LogP contribution in [0.5, 0.6) is 0 Å². The second kappa shape index (κ2) is 4.50. The van der Waals surface area contributed by atoms with Crippen molar-refractivity contribution in [1.29, 1.82) is 0 Å². The second-order valence-corrected chi connectivity index (χ2v) is 2.78. The van der Waals surface area contributed by atoms with E-state index in [1.54, 1.807) is 13.8 Å². The fraction of sp³-hybridized carbons (Fsp3) is 0.333. The number of aldehydes is 1. The van der Waals surface area contributed by atoms with Crippen LogP contribution in [0, 0.1) is 6.92 Å². The number of anilines is 1. The average molecular weight is 209 g/mol. The highest BCUT2D eigenvalue weighted by atomic mass is 16.5. The Balaban J connectivity index is 3.21. The zero-order valence-electron chi connectivity index (χ0n) is 8.48. The number of nitrogens with zero attached hydrogens (tertiary/aromatic N) is 2. The highest BCUT2D eigenvalue weighted by molar-refractivity contribution is 5.90. The Morgan fingerprint density at radius 2 is 2.20 bits per heavy atom. The molecule has 0 fully saturated rings. The molecule has 0 unspecified atom stereocenters.